The fraction of sp³-hybridized carbons (Fsp3) is 0.636. The molecule has 0 saturated carbocycles. The first-order valence-electron chi connectivity index (χ1n) is 10.9. The molecule has 0 aromatic heterocycles. The molecule has 2 unspecified atom stereocenters. The summed E-state index contributed by atoms with van der Waals surface area (Å²) in [7, 11) is -4.19. The molecule has 10 nitrogen and oxygen atoms in total. The van der Waals surface area contributed by atoms with Gasteiger partial charge in [-0.3, -0.25) is 18.6 Å². The van der Waals surface area contributed by atoms with Crippen LogP contribution in [-0.2, 0) is 32.7 Å². The summed E-state index contributed by atoms with van der Waals surface area (Å²) in [5.74, 6) is -0.682. The molecule has 0 fully saturated rings. The summed E-state index contributed by atoms with van der Waals surface area (Å²) < 4.78 is 40.1. The van der Waals surface area contributed by atoms with Crippen molar-refractivity contribution in [3.63, 3.8) is 0 Å². The van der Waals surface area contributed by atoms with Crippen LogP contribution in [0.2, 0.25) is 0 Å². The minimum Gasteiger partial charge on any atom is -0.462 e. The summed E-state index contributed by atoms with van der Waals surface area (Å²) in [4.78, 5) is 23.1. The predicted molar refractivity (Wildman–Crippen MR) is 124 cm³/mol. The number of para-hydroxylation sites is 1. The number of carbonyl (C=O) groups excluding carboxylic acids is 2. The number of rotatable bonds is 14. The second-order valence-corrected chi connectivity index (χ2v) is 9.79. The van der Waals surface area contributed by atoms with E-state index in [0.29, 0.717) is 5.75 Å². The van der Waals surface area contributed by atoms with Crippen LogP contribution in [0.25, 0.3) is 0 Å². The average Bonchev–Trinajstić information content (AvgIpc) is 2.73. The molecule has 0 bridgehead atoms. The first-order chi connectivity index (χ1) is 15.4. The van der Waals surface area contributed by atoms with Crippen LogP contribution in [0.1, 0.15) is 64.5 Å². The summed E-state index contributed by atoms with van der Waals surface area (Å²) >= 11 is 0. The lowest BCUT2D eigenvalue weighted by atomic mass is 9.94. The van der Waals surface area contributed by atoms with Crippen molar-refractivity contribution in [3.05, 3.63) is 29.3 Å². The maximum atomic E-state index is 13.5. The lowest BCUT2D eigenvalue weighted by molar-refractivity contribution is -0.145. The zero-order valence-electron chi connectivity index (χ0n) is 20.2. The van der Waals surface area contributed by atoms with Crippen molar-refractivity contribution >= 4 is 19.8 Å². The lowest BCUT2D eigenvalue weighted by Gasteiger charge is -2.24. The van der Waals surface area contributed by atoms with E-state index in [0.717, 1.165) is 11.1 Å². The van der Waals surface area contributed by atoms with Crippen LogP contribution in [-0.4, -0.2) is 50.4 Å². The van der Waals surface area contributed by atoms with E-state index in [1.165, 1.54) is 13.8 Å². The molecule has 188 valence electrons. The minimum atomic E-state index is -4.19. The van der Waals surface area contributed by atoms with Gasteiger partial charge in [0, 0.05) is 0 Å². The molecular formula is C22H37N2O8P. The minimum absolute atomic E-state index is 0.0751. The highest BCUT2D eigenvalue weighted by Crippen LogP contribution is 2.52. The highest BCUT2D eigenvalue weighted by molar-refractivity contribution is 7.48. The molecule has 11 heteroatoms. The van der Waals surface area contributed by atoms with Crippen molar-refractivity contribution in [1.29, 1.82) is 0 Å². The van der Waals surface area contributed by atoms with E-state index in [9.17, 15) is 14.2 Å². The van der Waals surface area contributed by atoms with Gasteiger partial charge in [-0.1, -0.05) is 45.9 Å². The maximum Gasteiger partial charge on any atom is 0.530 e. The van der Waals surface area contributed by atoms with Crippen molar-refractivity contribution in [2.45, 2.75) is 65.5 Å². The normalized spacial score (nSPS) is 15.1. The number of benzene rings is 1. The van der Waals surface area contributed by atoms with Crippen LogP contribution in [0.4, 0.5) is 0 Å². The number of nitrogens with two attached hydrogens (primary N) is 2. The van der Waals surface area contributed by atoms with Gasteiger partial charge in [0.05, 0.1) is 13.2 Å². The van der Waals surface area contributed by atoms with E-state index in [4.69, 9.17) is 34.5 Å². The number of hydrogen-bond donors (Lipinski definition) is 2. The molecule has 0 aliphatic heterocycles. The Morgan fingerprint density at radius 3 is 1.52 bits per heavy atom. The molecule has 0 spiro atoms. The second-order valence-electron chi connectivity index (χ2n) is 8.19. The van der Waals surface area contributed by atoms with Crippen molar-refractivity contribution < 1.29 is 37.2 Å². The van der Waals surface area contributed by atoms with E-state index in [2.05, 4.69) is 0 Å². The van der Waals surface area contributed by atoms with E-state index in [1.54, 1.807) is 0 Å². The van der Waals surface area contributed by atoms with Crippen LogP contribution in [0.15, 0.2) is 18.2 Å². The molecular weight excluding hydrogens is 451 g/mol. The molecule has 33 heavy (non-hydrogen) atoms. The molecule has 0 radical (unpaired) electrons. The Kier molecular flexibility index (Phi) is 12.0. The van der Waals surface area contributed by atoms with E-state index in [-0.39, 0.29) is 38.3 Å². The Morgan fingerprint density at radius 1 is 0.788 bits per heavy atom. The number of carbonyl (C=O) groups is 2. The first kappa shape index (κ1) is 29.1. The summed E-state index contributed by atoms with van der Waals surface area (Å²) in [6, 6.07) is 4.08. The molecule has 0 saturated heterocycles. The largest absolute Gasteiger partial charge is 0.530 e. The van der Waals surface area contributed by atoms with Gasteiger partial charge in [0.15, 0.2) is 0 Å². The highest BCUT2D eigenvalue weighted by atomic mass is 31.2. The number of ether oxygens (including phenoxy) is 2. The quantitative estimate of drug-likeness (QED) is 0.227. The smallest absolute Gasteiger partial charge is 0.462 e. The standard InChI is InChI=1S/C22H37N2O8P/c1-14(2)18-8-7-9-19(15(3)4)20(18)32-33(27,30-12-10-28-21(25)16(5)23)31-13-11-29-22(26)17(6)24/h7-9,14-17H,10-13,23-24H2,1-6H3. The molecule has 1 aromatic rings. The van der Waals surface area contributed by atoms with E-state index in [1.807, 2.05) is 45.9 Å². The van der Waals surface area contributed by atoms with Crippen LogP contribution in [0.5, 0.6) is 5.75 Å². The van der Waals surface area contributed by atoms with E-state index >= 15 is 0 Å². The number of phosphoric ester groups is 1. The van der Waals surface area contributed by atoms with Crippen LogP contribution >= 0.6 is 7.82 Å². The Bertz CT molecular complexity index is 768. The monoisotopic (exact) mass is 488 g/mol. The Morgan fingerprint density at radius 2 is 1.18 bits per heavy atom. The van der Waals surface area contributed by atoms with Gasteiger partial charge in [0.2, 0.25) is 0 Å². The highest BCUT2D eigenvalue weighted by Gasteiger charge is 2.32. The second kappa shape index (κ2) is 13.7. The fourth-order valence-corrected chi connectivity index (χ4v) is 3.85. The molecule has 4 N–H and O–H groups in total. The van der Waals surface area contributed by atoms with Crippen molar-refractivity contribution in [3.8, 4) is 5.75 Å². The third kappa shape index (κ3) is 9.81. The van der Waals surface area contributed by atoms with Gasteiger partial charge in [-0.25, -0.2) is 4.57 Å². The summed E-state index contributed by atoms with van der Waals surface area (Å²) in [6.07, 6.45) is 0. The van der Waals surface area contributed by atoms with E-state index < -0.39 is 31.8 Å². The molecule has 0 aliphatic rings. The maximum absolute atomic E-state index is 13.5. The van der Waals surface area contributed by atoms with Crippen molar-refractivity contribution in [2.24, 2.45) is 11.5 Å². The topological polar surface area (TPSA) is 149 Å². The zero-order valence-corrected chi connectivity index (χ0v) is 21.1. The Balaban J connectivity index is 3.03. The molecule has 1 aromatic carbocycles. The van der Waals surface area contributed by atoms with Crippen LogP contribution in [0.3, 0.4) is 0 Å². The average molecular weight is 489 g/mol. The molecule has 0 heterocycles. The third-order valence-corrected chi connectivity index (χ3v) is 5.82. The fourth-order valence-electron chi connectivity index (χ4n) is 2.64. The number of esters is 2. The van der Waals surface area contributed by atoms with Gasteiger partial charge in [0.1, 0.15) is 31.0 Å². The van der Waals surface area contributed by atoms with Crippen molar-refractivity contribution in [1.82, 2.24) is 0 Å². The zero-order chi connectivity index (χ0) is 25.2. The third-order valence-electron chi connectivity index (χ3n) is 4.42. The van der Waals surface area contributed by atoms with Crippen LogP contribution in [0, 0.1) is 0 Å². The van der Waals surface area contributed by atoms with Crippen molar-refractivity contribution in [2.75, 3.05) is 26.4 Å². The Hall–Kier alpha value is -1.97. The molecule has 2 atom stereocenters. The number of phosphoric acid groups is 1. The van der Waals surface area contributed by atoms with Gasteiger partial charge in [-0.2, -0.15) is 0 Å². The molecule has 1 rings (SSSR count). The first-order valence-corrected chi connectivity index (χ1v) is 12.4. The van der Waals surface area contributed by atoms with Gasteiger partial charge in [-0.15, -0.1) is 0 Å². The summed E-state index contributed by atoms with van der Waals surface area (Å²) in [5, 5.41) is 0. The molecule has 0 amide bonds. The Labute approximate surface area is 195 Å². The van der Waals surface area contributed by atoms with Crippen LogP contribution < -0.4 is 16.0 Å². The van der Waals surface area contributed by atoms with Gasteiger partial charge in [0.25, 0.3) is 0 Å². The number of hydrogen-bond acceptors (Lipinski definition) is 10. The SMILES string of the molecule is CC(N)C(=O)OCCOP(=O)(OCCOC(=O)C(C)N)Oc1c(C(C)C)cccc1C(C)C. The summed E-state index contributed by atoms with van der Waals surface area (Å²) in [5.41, 5.74) is 12.6. The van der Waals surface area contributed by atoms with Gasteiger partial charge < -0.3 is 25.5 Å². The summed E-state index contributed by atoms with van der Waals surface area (Å²) in [6.45, 7) is 10.0. The van der Waals surface area contributed by atoms with Gasteiger partial charge >= 0.3 is 19.8 Å². The van der Waals surface area contributed by atoms with Gasteiger partial charge in [-0.05, 0) is 36.8 Å². The lowest BCUT2D eigenvalue weighted by Crippen LogP contribution is -2.30. The predicted octanol–water partition coefficient (Wildman–Crippen LogP) is 3.23. The molecule has 0 aliphatic carbocycles.